The van der Waals surface area contributed by atoms with E-state index in [9.17, 15) is 9.59 Å². The van der Waals surface area contributed by atoms with E-state index in [4.69, 9.17) is 11.9 Å². The molecule has 0 radical (unpaired) electrons. The van der Waals surface area contributed by atoms with Gasteiger partial charge in [0, 0.05) is 5.56 Å². The van der Waals surface area contributed by atoms with Gasteiger partial charge in [0.15, 0.2) is 6.29 Å². The van der Waals surface area contributed by atoms with Gasteiger partial charge in [0.1, 0.15) is 11.9 Å². The Hall–Kier alpha value is -1.35. The number of hydrogen-bond acceptors (Lipinski definition) is 3. The molecule has 0 saturated heterocycles. The van der Waals surface area contributed by atoms with Crippen LogP contribution >= 0.6 is 11.9 Å². The Bertz CT molecular complexity index is 309. The fraction of sp³-hybridized carbons (Fsp3) is 0. The maximum atomic E-state index is 10.9. The predicted molar refractivity (Wildman–Crippen MR) is 43.1 cm³/mol. The quantitative estimate of drug-likeness (QED) is 0.659. The Balaban J connectivity index is 3.13. The molecule has 3 nitrogen and oxygen atoms in total. The van der Waals surface area contributed by atoms with Crippen molar-refractivity contribution >= 4 is 24.1 Å². The van der Waals surface area contributed by atoms with E-state index in [2.05, 4.69) is 4.29 Å². The molecule has 0 amide bonds. The summed E-state index contributed by atoms with van der Waals surface area (Å²) in [4.78, 5) is 21.3. The van der Waals surface area contributed by atoms with Gasteiger partial charge in [-0.1, -0.05) is 18.2 Å². The Morgan fingerprint density at radius 1 is 1.42 bits per heavy atom. The molecule has 0 aliphatic rings. The Morgan fingerprint density at radius 3 is 2.67 bits per heavy atom. The minimum absolute atomic E-state index is 0.169. The number of rotatable bonds is 2. The molecule has 0 aliphatic carbocycles. The van der Waals surface area contributed by atoms with E-state index >= 15 is 0 Å². The van der Waals surface area contributed by atoms with E-state index in [1.54, 1.807) is 12.1 Å². The van der Waals surface area contributed by atoms with Crippen LogP contribution in [0.4, 0.5) is 0 Å². The van der Waals surface area contributed by atoms with Crippen molar-refractivity contribution in [1.82, 2.24) is 0 Å². The molecule has 0 atom stereocenters. The summed E-state index contributed by atoms with van der Waals surface area (Å²) in [7, 11) is 0. The van der Waals surface area contributed by atoms with Gasteiger partial charge in [-0.05, 0) is 6.07 Å². The maximum absolute atomic E-state index is 10.9. The highest BCUT2D eigenvalue weighted by Crippen LogP contribution is 2.08. The molecule has 1 aromatic carbocycles. The van der Waals surface area contributed by atoms with E-state index in [1.165, 1.54) is 12.1 Å². The largest absolute Gasteiger partial charge is 0.356 e. The van der Waals surface area contributed by atoms with Crippen molar-refractivity contribution in [3.8, 4) is 0 Å². The van der Waals surface area contributed by atoms with E-state index in [-0.39, 0.29) is 11.1 Å². The lowest BCUT2D eigenvalue weighted by molar-refractivity contribution is 0.0748. The van der Waals surface area contributed by atoms with Crippen molar-refractivity contribution in [3.05, 3.63) is 35.4 Å². The van der Waals surface area contributed by atoms with Crippen molar-refractivity contribution in [2.75, 3.05) is 0 Å². The van der Waals surface area contributed by atoms with Crippen LogP contribution in [-0.2, 0) is 4.29 Å². The van der Waals surface area contributed by atoms with Gasteiger partial charge >= 0.3 is 5.97 Å². The highest BCUT2D eigenvalue weighted by Gasteiger charge is 2.10. The first-order valence-corrected chi connectivity index (χ1v) is 3.47. The van der Waals surface area contributed by atoms with Gasteiger partial charge in [0.25, 0.3) is 0 Å². The molecule has 0 aliphatic heterocycles. The molecular weight excluding hydrogens is 180 g/mol. The molecule has 1 rings (SSSR count). The van der Waals surface area contributed by atoms with Crippen LogP contribution in [0, 0.1) is 0 Å². The van der Waals surface area contributed by atoms with Crippen LogP contribution in [0.2, 0.25) is 0 Å². The third-order valence-corrected chi connectivity index (χ3v) is 1.52. The molecule has 0 spiro atoms. The second-order valence-corrected chi connectivity index (χ2v) is 2.22. The Kier molecular flexibility index (Phi) is 2.82. The lowest BCUT2D eigenvalue weighted by Crippen LogP contribution is -2.02. The van der Waals surface area contributed by atoms with E-state index in [0.29, 0.717) is 6.29 Å². The fourth-order valence-electron chi connectivity index (χ4n) is 0.827. The average Bonchev–Trinajstić information content (AvgIpc) is 2.16. The van der Waals surface area contributed by atoms with Gasteiger partial charge in [0.2, 0.25) is 0 Å². The smallest absolute Gasteiger partial charge is 0.343 e. The summed E-state index contributed by atoms with van der Waals surface area (Å²) in [5.41, 5.74) is 0.436. The molecular formula is C8H5ClO3. The van der Waals surface area contributed by atoms with Gasteiger partial charge in [-0.2, -0.15) is 0 Å². The lowest BCUT2D eigenvalue weighted by atomic mass is 10.1. The minimum Gasteiger partial charge on any atom is -0.343 e. The molecule has 12 heavy (non-hydrogen) atoms. The van der Waals surface area contributed by atoms with Crippen LogP contribution < -0.4 is 0 Å². The van der Waals surface area contributed by atoms with Crippen LogP contribution in [0.3, 0.4) is 0 Å². The zero-order chi connectivity index (χ0) is 8.97. The number of carbonyl (C=O) groups is 2. The summed E-state index contributed by atoms with van der Waals surface area (Å²) in [5.74, 6) is -0.723. The summed E-state index contributed by atoms with van der Waals surface area (Å²) < 4.78 is 3.95. The molecule has 62 valence electrons. The Morgan fingerprint density at radius 2 is 2.08 bits per heavy atom. The number of halogens is 1. The summed E-state index contributed by atoms with van der Waals surface area (Å²) in [6.45, 7) is 0. The van der Waals surface area contributed by atoms with Gasteiger partial charge in [-0.25, -0.2) is 4.79 Å². The van der Waals surface area contributed by atoms with Crippen LogP contribution in [0.25, 0.3) is 0 Å². The molecule has 0 heterocycles. The molecule has 0 unspecified atom stereocenters. The Labute approximate surface area is 74.1 Å². The van der Waals surface area contributed by atoms with Crippen molar-refractivity contribution in [1.29, 1.82) is 0 Å². The van der Waals surface area contributed by atoms with E-state index in [0.717, 1.165) is 0 Å². The van der Waals surface area contributed by atoms with Crippen molar-refractivity contribution in [2.24, 2.45) is 0 Å². The normalized spacial score (nSPS) is 9.08. The number of benzene rings is 1. The molecule has 1 aromatic rings. The lowest BCUT2D eigenvalue weighted by Gasteiger charge is -1.98. The highest BCUT2D eigenvalue weighted by molar-refractivity contribution is 6.16. The van der Waals surface area contributed by atoms with Crippen molar-refractivity contribution in [3.63, 3.8) is 0 Å². The maximum Gasteiger partial charge on any atom is 0.356 e. The zero-order valence-corrected chi connectivity index (χ0v) is 6.75. The first kappa shape index (κ1) is 8.74. The molecule has 0 aromatic heterocycles. The van der Waals surface area contributed by atoms with Crippen LogP contribution in [-0.4, -0.2) is 12.3 Å². The predicted octanol–water partition coefficient (Wildman–Crippen LogP) is 1.81. The summed E-state index contributed by atoms with van der Waals surface area (Å²) in [6.07, 6.45) is 0.573. The first-order valence-electron chi connectivity index (χ1n) is 3.16. The van der Waals surface area contributed by atoms with Crippen LogP contribution in [0.5, 0.6) is 0 Å². The van der Waals surface area contributed by atoms with Crippen LogP contribution in [0.1, 0.15) is 20.7 Å². The summed E-state index contributed by atoms with van der Waals surface area (Å²) in [5, 5.41) is 0. The number of aldehydes is 1. The topological polar surface area (TPSA) is 43.4 Å². The summed E-state index contributed by atoms with van der Waals surface area (Å²) in [6, 6.07) is 6.25. The molecule has 0 saturated carbocycles. The minimum atomic E-state index is -0.723. The van der Waals surface area contributed by atoms with Gasteiger partial charge in [-0.3, -0.25) is 4.79 Å². The third kappa shape index (κ3) is 1.62. The SMILES string of the molecule is O=Cc1ccccc1C(=O)OCl. The van der Waals surface area contributed by atoms with Gasteiger partial charge in [0.05, 0.1) is 5.56 Å². The van der Waals surface area contributed by atoms with Crippen molar-refractivity contribution in [2.45, 2.75) is 0 Å². The zero-order valence-electron chi connectivity index (χ0n) is 5.99. The molecule has 4 heteroatoms. The fourth-order valence-corrected chi connectivity index (χ4v) is 0.910. The summed E-state index contributed by atoms with van der Waals surface area (Å²) >= 11 is 4.85. The first-order chi connectivity index (χ1) is 5.79. The van der Waals surface area contributed by atoms with E-state index in [1.807, 2.05) is 0 Å². The van der Waals surface area contributed by atoms with Gasteiger partial charge < -0.3 is 4.29 Å². The molecule has 0 fully saturated rings. The monoisotopic (exact) mass is 184 g/mol. The van der Waals surface area contributed by atoms with Crippen molar-refractivity contribution < 1.29 is 13.9 Å². The third-order valence-electron chi connectivity index (χ3n) is 1.38. The second kappa shape index (κ2) is 3.88. The number of carbonyl (C=O) groups excluding carboxylic acids is 2. The molecule has 0 N–H and O–H groups in total. The standard InChI is InChI=1S/C8H5ClO3/c9-12-8(11)7-4-2-1-3-6(7)5-10/h1-5H. The average molecular weight is 185 g/mol. The second-order valence-electron chi connectivity index (χ2n) is 2.07. The highest BCUT2D eigenvalue weighted by atomic mass is 35.5. The molecule has 0 bridgehead atoms. The number of hydrogen-bond donors (Lipinski definition) is 0. The van der Waals surface area contributed by atoms with Gasteiger partial charge in [-0.15, -0.1) is 0 Å². The van der Waals surface area contributed by atoms with E-state index < -0.39 is 5.97 Å². The van der Waals surface area contributed by atoms with Crippen LogP contribution in [0.15, 0.2) is 24.3 Å².